The molecule has 0 aromatic carbocycles. The van der Waals surface area contributed by atoms with Crippen LogP contribution in [-0.2, 0) is 14.5 Å². The Morgan fingerprint density at radius 1 is 1.06 bits per heavy atom. The molecule has 0 aliphatic heterocycles. The zero-order chi connectivity index (χ0) is 13.1. The molecular weight excluding hydrogens is 238 g/mol. The van der Waals surface area contributed by atoms with Crippen molar-refractivity contribution in [3.05, 3.63) is 0 Å². The van der Waals surface area contributed by atoms with Gasteiger partial charge in [0.1, 0.15) is 0 Å². The van der Waals surface area contributed by atoms with Gasteiger partial charge in [-0.15, -0.1) is 0 Å². The van der Waals surface area contributed by atoms with Gasteiger partial charge in [0.05, 0.1) is 6.61 Å². The molecule has 0 radical (unpaired) electrons. The van der Waals surface area contributed by atoms with Crippen molar-refractivity contribution in [2.45, 2.75) is 59.3 Å². The Morgan fingerprint density at radius 2 is 1.65 bits per heavy atom. The fraction of sp³-hybridized carbons (Fsp3) is 1.00. The first-order valence-electron chi connectivity index (χ1n) is 6.69. The van der Waals surface area contributed by atoms with E-state index >= 15 is 0 Å². The number of unbranched alkanes of at least 4 members (excludes halogenated alkanes) is 1. The molecule has 0 aliphatic rings. The maximum Gasteiger partial charge on any atom is 0.335 e. The summed E-state index contributed by atoms with van der Waals surface area (Å²) in [6.45, 7) is 7.01. The van der Waals surface area contributed by atoms with Crippen LogP contribution in [0.4, 0.5) is 0 Å². The first-order valence-corrected chi connectivity index (χ1v) is 8.10. The summed E-state index contributed by atoms with van der Waals surface area (Å²) in [6, 6.07) is 0. The molecule has 4 nitrogen and oxygen atoms in total. The van der Waals surface area contributed by atoms with E-state index in [1.807, 2.05) is 6.92 Å². The summed E-state index contributed by atoms with van der Waals surface area (Å²) in [4.78, 5) is 0. The molecular formula is C12H27NO3S. The molecule has 0 bridgehead atoms. The van der Waals surface area contributed by atoms with Crippen molar-refractivity contribution in [1.82, 2.24) is 4.72 Å². The molecule has 0 amide bonds. The van der Waals surface area contributed by atoms with Gasteiger partial charge in [0, 0.05) is 6.54 Å². The van der Waals surface area contributed by atoms with Crippen LogP contribution in [0.5, 0.6) is 0 Å². The van der Waals surface area contributed by atoms with Crippen molar-refractivity contribution in [3.8, 4) is 0 Å². The summed E-state index contributed by atoms with van der Waals surface area (Å²) >= 11 is 0. The summed E-state index contributed by atoms with van der Waals surface area (Å²) < 4.78 is 30.4. The van der Waals surface area contributed by atoms with Crippen LogP contribution in [0, 0.1) is 5.92 Å². The molecule has 0 aromatic heterocycles. The van der Waals surface area contributed by atoms with Crippen molar-refractivity contribution in [2.24, 2.45) is 5.92 Å². The van der Waals surface area contributed by atoms with E-state index in [0.717, 1.165) is 38.5 Å². The molecule has 0 saturated carbocycles. The number of hydrogen-bond donors (Lipinski definition) is 1. The zero-order valence-corrected chi connectivity index (χ0v) is 12.2. The van der Waals surface area contributed by atoms with Crippen LogP contribution in [-0.4, -0.2) is 21.6 Å². The largest absolute Gasteiger partial charge is 0.335 e. The molecule has 0 rings (SSSR count). The third kappa shape index (κ3) is 9.56. The van der Waals surface area contributed by atoms with Crippen LogP contribution in [0.2, 0.25) is 0 Å². The third-order valence-corrected chi connectivity index (χ3v) is 3.67. The van der Waals surface area contributed by atoms with Crippen LogP contribution in [0.1, 0.15) is 59.3 Å². The molecule has 0 fully saturated rings. The average Bonchev–Trinajstić information content (AvgIpc) is 2.27. The Balaban J connectivity index is 3.95. The van der Waals surface area contributed by atoms with E-state index in [1.165, 1.54) is 0 Å². The van der Waals surface area contributed by atoms with Crippen molar-refractivity contribution in [2.75, 3.05) is 13.2 Å². The monoisotopic (exact) mass is 265 g/mol. The van der Waals surface area contributed by atoms with Gasteiger partial charge < -0.3 is 0 Å². The van der Waals surface area contributed by atoms with Gasteiger partial charge in [-0.2, -0.15) is 13.1 Å². The molecule has 0 atom stereocenters. The number of nitrogens with one attached hydrogen (secondary N) is 1. The molecule has 0 aromatic rings. The second-order valence-corrected chi connectivity index (χ2v) is 5.86. The van der Waals surface area contributed by atoms with Crippen LogP contribution < -0.4 is 4.72 Å². The molecule has 5 heteroatoms. The topological polar surface area (TPSA) is 55.4 Å². The van der Waals surface area contributed by atoms with Gasteiger partial charge in [0.15, 0.2) is 0 Å². The van der Waals surface area contributed by atoms with Crippen molar-refractivity contribution in [1.29, 1.82) is 0 Å². The Labute approximate surface area is 106 Å². The maximum atomic E-state index is 11.5. The van der Waals surface area contributed by atoms with Gasteiger partial charge in [-0.25, -0.2) is 0 Å². The first kappa shape index (κ1) is 16.9. The summed E-state index contributed by atoms with van der Waals surface area (Å²) in [5, 5.41) is 0. The Kier molecular flexibility index (Phi) is 9.78. The molecule has 0 spiro atoms. The van der Waals surface area contributed by atoms with Gasteiger partial charge in [-0.05, 0) is 25.2 Å². The van der Waals surface area contributed by atoms with Crippen LogP contribution in [0.3, 0.4) is 0 Å². The van der Waals surface area contributed by atoms with Gasteiger partial charge in [-0.3, -0.25) is 4.18 Å². The third-order valence-electron chi connectivity index (χ3n) is 2.66. The lowest BCUT2D eigenvalue weighted by Gasteiger charge is -2.15. The van der Waals surface area contributed by atoms with Crippen LogP contribution >= 0.6 is 0 Å². The van der Waals surface area contributed by atoms with E-state index in [0.29, 0.717) is 19.1 Å². The summed E-state index contributed by atoms with van der Waals surface area (Å²) in [7, 11) is -3.54. The molecule has 0 saturated heterocycles. The molecule has 0 aliphatic carbocycles. The fourth-order valence-electron chi connectivity index (χ4n) is 1.73. The highest BCUT2D eigenvalue weighted by atomic mass is 32.2. The first-order chi connectivity index (χ1) is 8.05. The van der Waals surface area contributed by atoms with Gasteiger partial charge in [0.2, 0.25) is 0 Å². The quantitative estimate of drug-likeness (QED) is 0.584. The summed E-state index contributed by atoms with van der Waals surface area (Å²) in [6.07, 6.45) is 6.00. The van der Waals surface area contributed by atoms with Crippen molar-refractivity contribution in [3.63, 3.8) is 0 Å². The second kappa shape index (κ2) is 9.85. The lowest BCUT2D eigenvalue weighted by atomic mass is 10.00. The molecule has 1 N–H and O–H groups in total. The van der Waals surface area contributed by atoms with Crippen LogP contribution in [0.25, 0.3) is 0 Å². The highest BCUT2D eigenvalue weighted by molar-refractivity contribution is 7.84. The average molecular weight is 265 g/mol. The van der Waals surface area contributed by atoms with Crippen molar-refractivity contribution >= 4 is 10.3 Å². The highest BCUT2D eigenvalue weighted by Gasteiger charge is 2.14. The standard InChI is InChI=1S/C12H27NO3S/c1-4-7-10-13-17(14,15)16-11-12(8-5-2)9-6-3/h12-13H,4-11H2,1-3H3. The SMILES string of the molecule is CCCCNS(=O)(=O)OCC(CCC)CCC. The lowest BCUT2D eigenvalue weighted by Crippen LogP contribution is -2.28. The highest BCUT2D eigenvalue weighted by Crippen LogP contribution is 2.14. The normalized spacial score (nSPS) is 12.2. The molecule has 17 heavy (non-hydrogen) atoms. The van der Waals surface area contributed by atoms with Gasteiger partial charge in [-0.1, -0.05) is 40.0 Å². The number of rotatable bonds is 11. The predicted octanol–water partition coefficient (Wildman–Crippen LogP) is 2.85. The molecule has 104 valence electrons. The molecule has 0 unspecified atom stereocenters. The summed E-state index contributed by atoms with van der Waals surface area (Å²) in [5.74, 6) is 0.354. The smallest absolute Gasteiger partial charge is 0.258 e. The van der Waals surface area contributed by atoms with E-state index in [2.05, 4.69) is 18.6 Å². The van der Waals surface area contributed by atoms with Gasteiger partial charge >= 0.3 is 10.3 Å². The van der Waals surface area contributed by atoms with E-state index in [4.69, 9.17) is 4.18 Å². The minimum absolute atomic E-state index is 0.309. The fourth-order valence-corrected chi connectivity index (χ4v) is 2.58. The van der Waals surface area contributed by atoms with Crippen molar-refractivity contribution < 1.29 is 12.6 Å². The zero-order valence-electron chi connectivity index (χ0n) is 11.4. The number of hydrogen-bond acceptors (Lipinski definition) is 3. The maximum absolute atomic E-state index is 11.5. The van der Waals surface area contributed by atoms with Gasteiger partial charge in [0.25, 0.3) is 0 Å². The minimum atomic E-state index is -3.54. The van der Waals surface area contributed by atoms with Crippen LogP contribution in [0.15, 0.2) is 0 Å². The Hall–Kier alpha value is -0.130. The Bertz CT molecular complexity index is 259. The minimum Gasteiger partial charge on any atom is -0.258 e. The summed E-state index contributed by atoms with van der Waals surface area (Å²) in [5.41, 5.74) is 0. The predicted molar refractivity (Wildman–Crippen MR) is 71.1 cm³/mol. The second-order valence-electron chi connectivity index (χ2n) is 4.43. The van der Waals surface area contributed by atoms with E-state index in [9.17, 15) is 8.42 Å². The van der Waals surface area contributed by atoms with E-state index in [-0.39, 0.29) is 0 Å². The Morgan fingerprint density at radius 3 is 2.12 bits per heavy atom. The van der Waals surface area contributed by atoms with E-state index in [1.54, 1.807) is 0 Å². The molecule has 0 heterocycles. The van der Waals surface area contributed by atoms with E-state index < -0.39 is 10.3 Å². The lowest BCUT2D eigenvalue weighted by molar-refractivity contribution is 0.231.